The fraction of sp³-hybridized carbons (Fsp3) is 0.647. The lowest BCUT2D eigenvalue weighted by molar-refractivity contribution is 0.317. The highest BCUT2D eigenvalue weighted by atomic mass is 14.9. The van der Waals surface area contributed by atoms with Gasteiger partial charge in [0, 0.05) is 6.04 Å². The maximum absolute atomic E-state index is 3.48. The standard InChI is InChI=1S/C17H29N/c1-12(2)10-15-8-7-9-16(11-15)17(18-6)14(5)13(3)4/h7-9,11-14,17-18H,10H2,1-6H3. The molecule has 0 heterocycles. The molecule has 0 saturated carbocycles. The topological polar surface area (TPSA) is 12.0 Å². The third-order valence-corrected chi connectivity index (χ3v) is 3.84. The summed E-state index contributed by atoms with van der Waals surface area (Å²) in [7, 11) is 2.07. The largest absolute Gasteiger partial charge is 0.313 e. The molecule has 1 rings (SSSR count). The Hall–Kier alpha value is -0.820. The summed E-state index contributed by atoms with van der Waals surface area (Å²) in [5, 5.41) is 3.48. The van der Waals surface area contributed by atoms with Crippen LogP contribution in [0, 0.1) is 17.8 Å². The van der Waals surface area contributed by atoms with Crippen molar-refractivity contribution in [3.8, 4) is 0 Å². The van der Waals surface area contributed by atoms with Crippen LogP contribution in [0.15, 0.2) is 24.3 Å². The zero-order chi connectivity index (χ0) is 13.7. The smallest absolute Gasteiger partial charge is 0.0346 e. The quantitative estimate of drug-likeness (QED) is 0.783. The molecule has 0 aliphatic heterocycles. The number of benzene rings is 1. The zero-order valence-corrected chi connectivity index (χ0v) is 12.8. The van der Waals surface area contributed by atoms with Crippen LogP contribution in [-0.4, -0.2) is 7.05 Å². The lowest BCUT2D eigenvalue weighted by Crippen LogP contribution is -2.26. The Morgan fingerprint density at radius 2 is 1.72 bits per heavy atom. The van der Waals surface area contributed by atoms with Gasteiger partial charge >= 0.3 is 0 Å². The summed E-state index contributed by atoms with van der Waals surface area (Å²) < 4.78 is 0. The second kappa shape index (κ2) is 6.94. The molecule has 1 nitrogen and oxygen atoms in total. The van der Waals surface area contributed by atoms with E-state index in [1.807, 2.05) is 0 Å². The summed E-state index contributed by atoms with van der Waals surface area (Å²) in [4.78, 5) is 0. The van der Waals surface area contributed by atoms with Crippen molar-refractivity contribution in [3.05, 3.63) is 35.4 Å². The average molecular weight is 247 g/mol. The fourth-order valence-electron chi connectivity index (χ4n) is 2.50. The Labute approximate surface area is 113 Å². The Balaban J connectivity index is 2.92. The number of hydrogen-bond acceptors (Lipinski definition) is 1. The van der Waals surface area contributed by atoms with Crippen LogP contribution in [0.3, 0.4) is 0 Å². The van der Waals surface area contributed by atoms with Crippen LogP contribution < -0.4 is 5.32 Å². The minimum atomic E-state index is 0.456. The van der Waals surface area contributed by atoms with Crippen molar-refractivity contribution in [2.45, 2.75) is 47.1 Å². The minimum absolute atomic E-state index is 0.456. The van der Waals surface area contributed by atoms with Gasteiger partial charge in [0.15, 0.2) is 0 Å². The fourth-order valence-corrected chi connectivity index (χ4v) is 2.50. The molecule has 0 amide bonds. The highest BCUT2D eigenvalue weighted by molar-refractivity contribution is 5.27. The Bertz CT molecular complexity index is 354. The molecule has 0 spiro atoms. The molecule has 0 radical (unpaired) electrons. The van der Waals surface area contributed by atoms with Gasteiger partial charge in [-0.1, -0.05) is 58.9 Å². The molecule has 0 aromatic heterocycles. The predicted octanol–water partition coefficient (Wildman–Crippen LogP) is 4.44. The second-order valence-electron chi connectivity index (χ2n) is 6.21. The van der Waals surface area contributed by atoms with Gasteiger partial charge in [-0.25, -0.2) is 0 Å². The van der Waals surface area contributed by atoms with E-state index >= 15 is 0 Å². The molecule has 102 valence electrons. The maximum atomic E-state index is 3.48. The first-order chi connectivity index (χ1) is 8.45. The molecule has 2 atom stereocenters. The molecule has 1 heteroatoms. The molecular weight excluding hydrogens is 218 g/mol. The van der Waals surface area contributed by atoms with E-state index in [0.717, 1.165) is 5.92 Å². The van der Waals surface area contributed by atoms with Crippen LogP contribution in [-0.2, 0) is 6.42 Å². The van der Waals surface area contributed by atoms with E-state index in [2.05, 4.69) is 71.2 Å². The Kier molecular flexibility index (Phi) is 5.87. The van der Waals surface area contributed by atoms with Crippen LogP contribution in [0.2, 0.25) is 0 Å². The SMILES string of the molecule is CNC(c1cccc(CC(C)C)c1)C(C)C(C)C. The van der Waals surface area contributed by atoms with E-state index in [0.29, 0.717) is 17.9 Å². The van der Waals surface area contributed by atoms with Crippen molar-refractivity contribution in [1.29, 1.82) is 0 Å². The van der Waals surface area contributed by atoms with Gasteiger partial charge < -0.3 is 5.32 Å². The highest BCUT2D eigenvalue weighted by Gasteiger charge is 2.20. The first kappa shape index (κ1) is 15.2. The van der Waals surface area contributed by atoms with Crippen LogP contribution in [0.25, 0.3) is 0 Å². The van der Waals surface area contributed by atoms with Crippen LogP contribution in [0.5, 0.6) is 0 Å². The van der Waals surface area contributed by atoms with E-state index < -0.39 is 0 Å². The van der Waals surface area contributed by atoms with E-state index in [9.17, 15) is 0 Å². The first-order valence-corrected chi connectivity index (χ1v) is 7.21. The normalized spacial score (nSPS) is 15.1. The van der Waals surface area contributed by atoms with Crippen LogP contribution in [0.1, 0.15) is 51.8 Å². The van der Waals surface area contributed by atoms with Gasteiger partial charge in [-0.3, -0.25) is 0 Å². The van der Waals surface area contributed by atoms with Gasteiger partial charge in [0.05, 0.1) is 0 Å². The van der Waals surface area contributed by atoms with Crippen molar-refractivity contribution in [3.63, 3.8) is 0 Å². The van der Waals surface area contributed by atoms with Gasteiger partial charge in [-0.2, -0.15) is 0 Å². The Morgan fingerprint density at radius 3 is 2.22 bits per heavy atom. The number of nitrogens with one attached hydrogen (secondary N) is 1. The van der Waals surface area contributed by atoms with Gasteiger partial charge in [0.25, 0.3) is 0 Å². The van der Waals surface area contributed by atoms with E-state index in [1.165, 1.54) is 17.5 Å². The second-order valence-corrected chi connectivity index (χ2v) is 6.21. The molecular formula is C17H29N. The summed E-state index contributed by atoms with van der Waals surface area (Å²) in [5.41, 5.74) is 2.88. The number of hydrogen-bond donors (Lipinski definition) is 1. The number of rotatable bonds is 6. The summed E-state index contributed by atoms with van der Waals surface area (Å²) in [6.45, 7) is 11.5. The molecule has 0 aliphatic rings. The van der Waals surface area contributed by atoms with Crippen molar-refractivity contribution >= 4 is 0 Å². The molecule has 2 unspecified atom stereocenters. The molecule has 0 saturated heterocycles. The summed E-state index contributed by atoms with van der Waals surface area (Å²) in [5.74, 6) is 2.05. The Morgan fingerprint density at radius 1 is 1.06 bits per heavy atom. The molecule has 0 aliphatic carbocycles. The third kappa shape index (κ3) is 4.13. The van der Waals surface area contributed by atoms with Crippen molar-refractivity contribution < 1.29 is 0 Å². The molecule has 1 aromatic rings. The molecule has 0 bridgehead atoms. The van der Waals surface area contributed by atoms with Crippen molar-refractivity contribution in [2.75, 3.05) is 7.05 Å². The molecule has 0 fully saturated rings. The maximum Gasteiger partial charge on any atom is 0.0346 e. The predicted molar refractivity (Wildman–Crippen MR) is 80.8 cm³/mol. The third-order valence-electron chi connectivity index (χ3n) is 3.84. The molecule has 1 N–H and O–H groups in total. The van der Waals surface area contributed by atoms with Crippen LogP contribution in [0.4, 0.5) is 0 Å². The monoisotopic (exact) mass is 247 g/mol. The zero-order valence-electron chi connectivity index (χ0n) is 12.8. The van der Waals surface area contributed by atoms with Gasteiger partial charge in [0.2, 0.25) is 0 Å². The van der Waals surface area contributed by atoms with Crippen molar-refractivity contribution in [1.82, 2.24) is 5.32 Å². The lowest BCUT2D eigenvalue weighted by Gasteiger charge is -2.27. The lowest BCUT2D eigenvalue weighted by atomic mass is 9.85. The molecule has 18 heavy (non-hydrogen) atoms. The van der Waals surface area contributed by atoms with Gasteiger partial charge in [-0.05, 0) is 42.3 Å². The van der Waals surface area contributed by atoms with Gasteiger partial charge in [0.1, 0.15) is 0 Å². The average Bonchev–Trinajstić information content (AvgIpc) is 2.29. The van der Waals surface area contributed by atoms with Crippen LogP contribution >= 0.6 is 0 Å². The van der Waals surface area contributed by atoms with E-state index in [-0.39, 0.29) is 0 Å². The molecule has 1 aromatic carbocycles. The van der Waals surface area contributed by atoms with Gasteiger partial charge in [-0.15, -0.1) is 0 Å². The summed E-state index contributed by atoms with van der Waals surface area (Å²) in [6.07, 6.45) is 1.17. The summed E-state index contributed by atoms with van der Waals surface area (Å²) >= 11 is 0. The van der Waals surface area contributed by atoms with E-state index in [1.54, 1.807) is 0 Å². The summed E-state index contributed by atoms with van der Waals surface area (Å²) in [6, 6.07) is 9.53. The van der Waals surface area contributed by atoms with Crippen molar-refractivity contribution in [2.24, 2.45) is 17.8 Å². The minimum Gasteiger partial charge on any atom is -0.313 e. The van der Waals surface area contributed by atoms with E-state index in [4.69, 9.17) is 0 Å². The highest BCUT2D eigenvalue weighted by Crippen LogP contribution is 2.28. The first-order valence-electron chi connectivity index (χ1n) is 7.21.